The van der Waals surface area contributed by atoms with Crippen LogP contribution in [0.1, 0.15) is 22.8 Å². The van der Waals surface area contributed by atoms with Crippen LogP contribution in [0.2, 0.25) is 0 Å². The Morgan fingerprint density at radius 3 is 2.62 bits per heavy atom. The SMILES string of the molecule is COc1ccc(OC)c2c1CN(c1ccnc3ccc(C)cc13)CC2O. The van der Waals surface area contributed by atoms with Gasteiger partial charge in [-0.3, -0.25) is 4.98 Å². The molecule has 1 aliphatic heterocycles. The number of fused-ring (bicyclic) bond motifs is 2. The van der Waals surface area contributed by atoms with E-state index >= 15 is 0 Å². The van der Waals surface area contributed by atoms with E-state index in [1.165, 1.54) is 5.56 Å². The second-order valence-electron chi connectivity index (χ2n) is 6.61. The molecule has 0 bridgehead atoms. The number of hydrogen-bond acceptors (Lipinski definition) is 5. The van der Waals surface area contributed by atoms with Gasteiger partial charge in [0.15, 0.2) is 0 Å². The largest absolute Gasteiger partial charge is 0.496 e. The number of benzene rings is 2. The van der Waals surface area contributed by atoms with Crippen molar-refractivity contribution < 1.29 is 14.6 Å². The zero-order valence-electron chi connectivity index (χ0n) is 15.2. The maximum Gasteiger partial charge on any atom is 0.125 e. The van der Waals surface area contributed by atoms with Gasteiger partial charge >= 0.3 is 0 Å². The molecule has 1 unspecified atom stereocenters. The van der Waals surface area contributed by atoms with Gasteiger partial charge in [0, 0.05) is 41.5 Å². The van der Waals surface area contributed by atoms with Gasteiger partial charge in [0.25, 0.3) is 0 Å². The quantitative estimate of drug-likeness (QED) is 0.782. The fourth-order valence-electron chi connectivity index (χ4n) is 3.78. The van der Waals surface area contributed by atoms with Crippen LogP contribution in [0.5, 0.6) is 11.5 Å². The summed E-state index contributed by atoms with van der Waals surface area (Å²) in [5, 5.41) is 11.9. The molecule has 1 atom stereocenters. The van der Waals surface area contributed by atoms with E-state index in [1.54, 1.807) is 14.2 Å². The highest BCUT2D eigenvalue weighted by Crippen LogP contribution is 2.41. The summed E-state index contributed by atoms with van der Waals surface area (Å²) in [4.78, 5) is 6.65. The van der Waals surface area contributed by atoms with Crippen molar-refractivity contribution in [2.24, 2.45) is 0 Å². The Bertz CT molecular complexity index is 971. The summed E-state index contributed by atoms with van der Waals surface area (Å²) >= 11 is 0. The molecule has 0 saturated carbocycles. The zero-order chi connectivity index (χ0) is 18.3. The number of hydrogen-bond donors (Lipinski definition) is 1. The zero-order valence-corrected chi connectivity index (χ0v) is 15.2. The second-order valence-corrected chi connectivity index (χ2v) is 6.61. The lowest BCUT2D eigenvalue weighted by Gasteiger charge is -2.36. The molecule has 134 valence electrons. The molecule has 4 rings (SSSR count). The van der Waals surface area contributed by atoms with Crippen LogP contribution in [0.3, 0.4) is 0 Å². The summed E-state index contributed by atoms with van der Waals surface area (Å²) in [5.41, 5.74) is 4.98. The Morgan fingerprint density at radius 2 is 1.85 bits per heavy atom. The number of methoxy groups -OCH3 is 2. The van der Waals surface area contributed by atoms with Gasteiger partial charge in [0.2, 0.25) is 0 Å². The number of anilines is 1. The van der Waals surface area contributed by atoms with Crippen molar-refractivity contribution in [3.8, 4) is 11.5 Å². The number of aryl methyl sites for hydroxylation is 1. The predicted molar refractivity (Wildman–Crippen MR) is 102 cm³/mol. The number of pyridine rings is 1. The third-order valence-corrected chi connectivity index (χ3v) is 5.00. The Hall–Kier alpha value is -2.79. The highest BCUT2D eigenvalue weighted by Gasteiger charge is 2.30. The topological polar surface area (TPSA) is 54.8 Å². The summed E-state index contributed by atoms with van der Waals surface area (Å²) in [6.45, 7) is 3.20. The highest BCUT2D eigenvalue weighted by molar-refractivity contribution is 5.92. The molecule has 2 heterocycles. The molecule has 5 heteroatoms. The molecule has 0 fully saturated rings. The van der Waals surface area contributed by atoms with E-state index in [-0.39, 0.29) is 0 Å². The average molecular weight is 350 g/mol. The summed E-state index contributed by atoms with van der Waals surface area (Å²) in [6.07, 6.45) is 1.16. The molecule has 0 aliphatic carbocycles. The fraction of sp³-hybridized carbons (Fsp3) is 0.286. The molecule has 1 aliphatic rings. The maximum absolute atomic E-state index is 10.9. The van der Waals surface area contributed by atoms with Crippen LogP contribution in [0, 0.1) is 6.92 Å². The van der Waals surface area contributed by atoms with Gasteiger partial charge in [-0.15, -0.1) is 0 Å². The lowest BCUT2D eigenvalue weighted by molar-refractivity contribution is 0.170. The number of nitrogens with zero attached hydrogens (tertiary/aromatic N) is 2. The van der Waals surface area contributed by atoms with Crippen LogP contribution in [0.15, 0.2) is 42.6 Å². The van der Waals surface area contributed by atoms with Gasteiger partial charge in [0.1, 0.15) is 17.6 Å². The molecule has 0 amide bonds. The van der Waals surface area contributed by atoms with Crippen molar-refractivity contribution >= 4 is 16.6 Å². The van der Waals surface area contributed by atoms with Crippen LogP contribution < -0.4 is 14.4 Å². The summed E-state index contributed by atoms with van der Waals surface area (Å²) in [5.74, 6) is 1.46. The first-order valence-electron chi connectivity index (χ1n) is 8.64. The third-order valence-electron chi connectivity index (χ3n) is 5.00. The van der Waals surface area contributed by atoms with Crippen LogP contribution in [-0.2, 0) is 6.54 Å². The van der Waals surface area contributed by atoms with E-state index in [9.17, 15) is 5.11 Å². The number of aliphatic hydroxyl groups is 1. The molecule has 1 N–H and O–H groups in total. The van der Waals surface area contributed by atoms with E-state index in [0.29, 0.717) is 18.8 Å². The molecule has 26 heavy (non-hydrogen) atoms. The van der Waals surface area contributed by atoms with Crippen molar-refractivity contribution in [2.45, 2.75) is 19.6 Å². The molecule has 0 saturated heterocycles. The first kappa shape index (κ1) is 16.7. The van der Waals surface area contributed by atoms with Crippen LogP contribution in [-0.4, -0.2) is 30.9 Å². The third kappa shape index (κ3) is 2.65. The predicted octanol–water partition coefficient (Wildman–Crippen LogP) is 3.61. The van der Waals surface area contributed by atoms with Crippen LogP contribution in [0.4, 0.5) is 5.69 Å². The highest BCUT2D eigenvalue weighted by atomic mass is 16.5. The molecule has 3 aromatic rings. The van der Waals surface area contributed by atoms with E-state index in [2.05, 4.69) is 28.9 Å². The van der Waals surface area contributed by atoms with Crippen molar-refractivity contribution in [3.63, 3.8) is 0 Å². The number of aromatic nitrogens is 1. The Labute approximate surface area is 152 Å². The minimum Gasteiger partial charge on any atom is -0.496 e. The fourth-order valence-corrected chi connectivity index (χ4v) is 3.78. The van der Waals surface area contributed by atoms with E-state index < -0.39 is 6.10 Å². The van der Waals surface area contributed by atoms with Gasteiger partial charge in [0.05, 0.1) is 19.7 Å². The van der Waals surface area contributed by atoms with Crippen molar-refractivity contribution in [1.82, 2.24) is 4.98 Å². The van der Waals surface area contributed by atoms with Gasteiger partial charge in [-0.2, -0.15) is 0 Å². The monoisotopic (exact) mass is 350 g/mol. The van der Waals surface area contributed by atoms with E-state index in [1.807, 2.05) is 30.5 Å². The van der Waals surface area contributed by atoms with Gasteiger partial charge in [-0.1, -0.05) is 11.6 Å². The maximum atomic E-state index is 10.9. The molecule has 0 radical (unpaired) electrons. The van der Waals surface area contributed by atoms with E-state index in [4.69, 9.17) is 9.47 Å². The van der Waals surface area contributed by atoms with Crippen LogP contribution in [0.25, 0.3) is 10.9 Å². The van der Waals surface area contributed by atoms with Crippen LogP contribution >= 0.6 is 0 Å². The minimum absolute atomic E-state index is 0.490. The standard InChI is InChI=1S/C21H22N2O3/c1-13-4-5-16-14(10-13)17(8-9-22-16)23-11-15-19(25-2)6-7-20(26-3)21(15)18(24)12-23/h4-10,18,24H,11-12H2,1-3H3. The first-order chi connectivity index (χ1) is 12.6. The van der Waals surface area contributed by atoms with Crippen molar-refractivity contribution in [1.29, 1.82) is 0 Å². The van der Waals surface area contributed by atoms with Crippen molar-refractivity contribution in [2.75, 3.05) is 25.7 Å². The van der Waals surface area contributed by atoms with Crippen molar-refractivity contribution in [3.05, 3.63) is 59.3 Å². The Kier molecular flexibility index (Phi) is 4.17. The number of rotatable bonds is 3. The number of aliphatic hydroxyl groups excluding tert-OH is 1. The Morgan fingerprint density at radius 1 is 1.08 bits per heavy atom. The Balaban J connectivity index is 1.84. The molecule has 0 spiro atoms. The molecular weight excluding hydrogens is 328 g/mol. The number of β-amino-alcohol motifs (C(OH)–C–C–N with tert-alkyl or cyclic N) is 1. The first-order valence-corrected chi connectivity index (χ1v) is 8.64. The second kappa shape index (κ2) is 6.50. The molecular formula is C21H22N2O3. The molecule has 1 aromatic heterocycles. The van der Waals surface area contributed by atoms with Gasteiger partial charge < -0.3 is 19.5 Å². The lowest BCUT2D eigenvalue weighted by atomic mass is 9.94. The van der Waals surface area contributed by atoms with E-state index in [0.717, 1.165) is 33.5 Å². The smallest absolute Gasteiger partial charge is 0.125 e. The minimum atomic E-state index is -0.656. The normalized spacial score (nSPS) is 16.5. The molecule has 2 aromatic carbocycles. The lowest BCUT2D eigenvalue weighted by Crippen LogP contribution is -2.34. The number of ether oxygens (including phenoxy) is 2. The molecule has 5 nitrogen and oxygen atoms in total. The summed E-state index contributed by atoms with van der Waals surface area (Å²) in [6, 6.07) is 12.0. The van der Waals surface area contributed by atoms with Gasteiger partial charge in [-0.25, -0.2) is 0 Å². The summed E-state index contributed by atoms with van der Waals surface area (Å²) < 4.78 is 11.0. The van der Waals surface area contributed by atoms with Gasteiger partial charge in [-0.05, 0) is 37.3 Å². The average Bonchev–Trinajstić information content (AvgIpc) is 2.66. The summed E-state index contributed by atoms with van der Waals surface area (Å²) in [7, 11) is 3.28.